The molecular formula is C18H26O3. The van der Waals surface area contributed by atoms with Gasteiger partial charge in [0.1, 0.15) is 0 Å². The van der Waals surface area contributed by atoms with Crippen molar-refractivity contribution in [3.63, 3.8) is 0 Å². The number of hydrogen-bond donors (Lipinski definition) is 2. The highest BCUT2D eigenvalue weighted by atomic mass is 16.4. The quantitative estimate of drug-likeness (QED) is 0.478. The third-order valence-electron chi connectivity index (χ3n) is 2.96. The first-order chi connectivity index (χ1) is 10.2. The Morgan fingerprint density at radius 1 is 1.14 bits per heavy atom. The molecule has 0 aromatic carbocycles. The van der Waals surface area contributed by atoms with Gasteiger partial charge in [-0.25, -0.2) is 4.79 Å². The first-order valence-electron chi connectivity index (χ1n) is 7.72. The molecule has 0 spiro atoms. The van der Waals surface area contributed by atoms with Crippen LogP contribution in [0.25, 0.3) is 0 Å². The summed E-state index contributed by atoms with van der Waals surface area (Å²) in [6.07, 6.45) is 11.0. The van der Waals surface area contributed by atoms with E-state index < -0.39 is 12.1 Å². The SMILES string of the molecule is CCCCCC#CC#C/C=C/CCCCCC(O)C(=O)O. The lowest BCUT2D eigenvalue weighted by Crippen LogP contribution is -2.18. The van der Waals surface area contributed by atoms with Gasteiger partial charge in [0.25, 0.3) is 0 Å². The Hall–Kier alpha value is -1.71. The van der Waals surface area contributed by atoms with E-state index in [9.17, 15) is 4.79 Å². The molecule has 116 valence electrons. The zero-order valence-corrected chi connectivity index (χ0v) is 12.9. The summed E-state index contributed by atoms with van der Waals surface area (Å²) < 4.78 is 0. The van der Waals surface area contributed by atoms with Gasteiger partial charge in [-0.1, -0.05) is 50.5 Å². The van der Waals surface area contributed by atoms with Crippen LogP contribution in [-0.2, 0) is 4.79 Å². The van der Waals surface area contributed by atoms with Gasteiger partial charge in [-0.15, -0.1) is 0 Å². The van der Waals surface area contributed by atoms with Gasteiger partial charge >= 0.3 is 5.97 Å². The summed E-state index contributed by atoms with van der Waals surface area (Å²) in [6.45, 7) is 2.17. The van der Waals surface area contributed by atoms with E-state index in [4.69, 9.17) is 10.2 Å². The Bertz CT molecular complexity index is 415. The molecule has 21 heavy (non-hydrogen) atoms. The van der Waals surface area contributed by atoms with Crippen molar-refractivity contribution >= 4 is 5.97 Å². The van der Waals surface area contributed by atoms with Crippen molar-refractivity contribution in [3.05, 3.63) is 12.2 Å². The fraction of sp³-hybridized carbons (Fsp3) is 0.611. The maximum Gasteiger partial charge on any atom is 0.332 e. The van der Waals surface area contributed by atoms with Gasteiger partial charge < -0.3 is 10.2 Å². The minimum Gasteiger partial charge on any atom is -0.479 e. The van der Waals surface area contributed by atoms with Crippen molar-refractivity contribution in [1.29, 1.82) is 0 Å². The standard InChI is InChI=1S/C18H26O3/c1-2-3-4-5-6-7-8-9-10-11-12-13-14-15-16-17(19)18(20)21/h10-11,17,19H,2-5,12-16H2,1H3,(H,20,21)/b11-10+. The summed E-state index contributed by atoms with van der Waals surface area (Å²) in [5, 5.41) is 17.6. The van der Waals surface area contributed by atoms with Crippen LogP contribution < -0.4 is 0 Å². The average Bonchev–Trinajstić information content (AvgIpc) is 2.47. The molecular weight excluding hydrogens is 264 g/mol. The van der Waals surface area contributed by atoms with Crippen molar-refractivity contribution in [2.75, 3.05) is 0 Å². The van der Waals surface area contributed by atoms with Gasteiger partial charge in [0.15, 0.2) is 6.10 Å². The maximum absolute atomic E-state index is 10.4. The second-order valence-corrected chi connectivity index (χ2v) is 4.92. The first kappa shape index (κ1) is 19.3. The van der Waals surface area contributed by atoms with Crippen LogP contribution in [0, 0.1) is 23.7 Å². The van der Waals surface area contributed by atoms with Crippen LogP contribution >= 0.6 is 0 Å². The number of unbranched alkanes of at least 4 members (excludes halogenated alkanes) is 6. The van der Waals surface area contributed by atoms with Gasteiger partial charge in [0, 0.05) is 6.42 Å². The highest BCUT2D eigenvalue weighted by Crippen LogP contribution is 2.06. The van der Waals surface area contributed by atoms with E-state index in [0.29, 0.717) is 6.42 Å². The van der Waals surface area contributed by atoms with Crippen molar-refractivity contribution < 1.29 is 15.0 Å². The van der Waals surface area contributed by atoms with Gasteiger partial charge in [-0.05, 0) is 43.6 Å². The van der Waals surface area contributed by atoms with Gasteiger partial charge in [0.2, 0.25) is 0 Å². The molecule has 0 heterocycles. The maximum atomic E-state index is 10.4. The monoisotopic (exact) mass is 290 g/mol. The highest BCUT2D eigenvalue weighted by molar-refractivity contribution is 5.71. The number of aliphatic hydroxyl groups is 1. The van der Waals surface area contributed by atoms with E-state index in [1.807, 2.05) is 12.2 Å². The van der Waals surface area contributed by atoms with Crippen molar-refractivity contribution in [2.24, 2.45) is 0 Å². The zero-order chi connectivity index (χ0) is 15.8. The van der Waals surface area contributed by atoms with Crippen molar-refractivity contribution in [1.82, 2.24) is 0 Å². The van der Waals surface area contributed by atoms with E-state index >= 15 is 0 Å². The first-order valence-corrected chi connectivity index (χ1v) is 7.72. The van der Waals surface area contributed by atoms with E-state index in [-0.39, 0.29) is 0 Å². The molecule has 1 unspecified atom stereocenters. The van der Waals surface area contributed by atoms with Crippen LogP contribution in [0.5, 0.6) is 0 Å². The molecule has 0 saturated heterocycles. The number of rotatable bonds is 10. The third kappa shape index (κ3) is 14.5. The number of aliphatic hydroxyl groups excluding tert-OH is 1. The van der Waals surface area contributed by atoms with Crippen molar-refractivity contribution in [3.8, 4) is 23.7 Å². The normalized spacial score (nSPS) is 11.3. The van der Waals surface area contributed by atoms with Crippen LogP contribution in [0.3, 0.4) is 0 Å². The Kier molecular flexibility index (Phi) is 13.5. The summed E-state index contributed by atoms with van der Waals surface area (Å²) in [5.41, 5.74) is 0. The van der Waals surface area contributed by atoms with E-state index in [2.05, 4.69) is 30.6 Å². The van der Waals surface area contributed by atoms with E-state index in [1.165, 1.54) is 12.8 Å². The molecule has 2 N–H and O–H groups in total. The zero-order valence-electron chi connectivity index (χ0n) is 12.9. The lowest BCUT2D eigenvalue weighted by atomic mass is 10.1. The van der Waals surface area contributed by atoms with Gasteiger partial charge in [-0.3, -0.25) is 0 Å². The topological polar surface area (TPSA) is 57.5 Å². The Morgan fingerprint density at radius 2 is 1.95 bits per heavy atom. The van der Waals surface area contributed by atoms with Crippen LogP contribution in [0.4, 0.5) is 0 Å². The smallest absolute Gasteiger partial charge is 0.332 e. The molecule has 0 aliphatic carbocycles. The molecule has 0 fully saturated rings. The fourth-order valence-electron chi connectivity index (χ4n) is 1.69. The summed E-state index contributed by atoms with van der Waals surface area (Å²) in [6, 6.07) is 0. The molecule has 3 nitrogen and oxygen atoms in total. The highest BCUT2D eigenvalue weighted by Gasteiger charge is 2.11. The van der Waals surface area contributed by atoms with Crippen LogP contribution in [-0.4, -0.2) is 22.3 Å². The van der Waals surface area contributed by atoms with E-state index in [1.54, 1.807) is 0 Å². The van der Waals surface area contributed by atoms with Crippen LogP contribution in [0.2, 0.25) is 0 Å². The molecule has 0 aliphatic rings. The molecule has 3 heteroatoms. The second-order valence-electron chi connectivity index (χ2n) is 4.92. The van der Waals surface area contributed by atoms with Crippen LogP contribution in [0.15, 0.2) is 12.2 Å². The molecule has 0 rings (SSSR count). The number of allylic oxidation sites excluding steroid dienone is 2. The molecule has 0 aliphatic heterocycles. The van der Waals surface area contributed by atoms with Crippen LogP contribution in [0.1, 0.15) is 64.7 Å². The second kappa shape index (κ2) is 14.7. The number of carboxylic acid groups (broad SMARTS) is 1. The summed E-state index contributed by atoms with van der Waals surface area (Å²) in [4.78, 5) is 10.4. The number of carbonyl (C=O) groups is 1. The Morgan fingerprint density at radius 3 is 2.67 bits per heavy atom. The number of carboxylic acids is 1. The minimum absolute atomic E-state index is 0.326. The molecule has 0 radical (unpaired) electrons. The molecule has 0 aromatic rings. The molecule has 1 atom stereocenters. The molecule has 0 amide bonds. The van der Waals surface area contributed by atoms with Gasteiger partial charge in [0.05, 0.1) is 0 Å². The number of hydrogen-bond acceptors (Lipinski definition) is 2. The third-order valence-corrected chi connectivity index (χ3v) is 2.96. The van der Waals surface area contributed by atoms with Gasteiger partial charge in [-0.2, -0.15) is 0 Å². The lowest BCUT2D eigenvalue weighted by molar-refractivity contribution is -0.146. The van der Waals surface area contributed by atoms with Crippen molar-refractivity contribution in [2.45, 2.75) is 70.8 Å². The summed E-state index contributed by atoms with van der Waals surface area (Å²) >= 11 is 0. The fourth-order valence-corrected chi connectivity index (χ4v) is 1.69. The molecule has 0 aromatic heterocycles. The summed E-state index contributed by atoms with van der Waals surface area (Å²) in [7, 11) is 0. The average molecular weight is 290 g/mol. The minimum atomic E-state index is -1.22. The predicted molar refractivity (Wildman–Crippen MR) is 85.6 cm³/mol. The Labute approximate surface area is 128 Å². The lowest BCUT2D eigenvalue weighted by Gasteiger charge is -2.03. The predicted octanol–water partition coefficient (Wildman–Crippen LogP) is 3.53. The number of aliphatic carboxylic acids is 1. The summed E-state index contributed by atoms with van der Waals surface area (Å²) in [5.74, 6) is 10.4. The largest absolute Gasteiger partial charge is 0.479 e. The Balaban J connectivity index is 3.50. The van der Waals surface area contributed by atoms with E-state index in [0.717, 1.165) is 38.5 Å². The molecule has 0 bridgehead atoms. The molecule has 0 saturated carbocycles.